The van der Waals surface area contributed by atoms with E-state index in [0.29, 0.717) is 0 Å². The number of hydrogen-bond acceptors (Lipinski definition) is 1. The third-order valence-corrected chi connectivity index (χ3v) is 8.35. The Labute approximate surface area is 262 Å². The van der Waals surface area contributed by atoms with Gasteiger partial charge in [-0.15, -0.1) is 0 Å². The lowest BCUT2D eigenvalue weighted by atomic mass is 9.86. The van der Waals surface area contributed by atoms with Crippen LogP contribution in [0.5, 0.6) is 0 Å². The highest BCUT2D eigenvalue weighted by Gasteiger charge is 2.19. The molecule has 0 aliphatic heterocycles. The van der Waals surface area contributed by atoms with E-state index in [1.54, 1.807) is 0 Å². The van der Waals surface area contributed by atoms with Gasteiger partial charge in [-0.3, -0.25) is 0 Å². The van der Waals surface area contributed by atoms with Crippen LogP contribution in [0.4, 0.5) is 17.1 Å². The minimum Gasteiger partial charge on any atom is -0.310 e. The molecule has 0 heterocycles. The van der Waals surface area contributed by atoms with Gasteiger partial charge in [0, 0.05) is 17.1 Å². The summed E-state index contributed by atoms with van der Waals surface area (Å²) in [4.78, 5) is 2.44. The van der Waals surface area contributed by atoms with E-state index in [1.807, 2.05) is 0 Å². The molecule has 0 spiro atoms. The van der Waals surface area contributed by atoms with Gasteiger partial charge in [0.05, 0.1) is 0 Å². The normalized spacial score (nSPS) is 10.8. The minimum absolute atomic E-state index is 0.834. The van der Waals surface area contributed by atoms with Crippen molar-refractivity contribution in [3.05, 3.63) is 197 Å². The van der Waals surface area contributed by atoms with Crippen LogP contribution in [0.2, 0.25) is 0 Å². The van der Waals surface area contributed by atoms with Crippen molar-refractivity contribution < 1.29 is 0 Å². The molecular weight excluding hydrogens is 530 g/mol. The van der Waals surface area contributed by atoms with Gasteiger partial charge in [0.15, 0.2) is 0 Å². The van der Waals surface area contributed by atoms with Gasteiger partial charge in [-0.1, -0.05) is 153 Å². The predicted octanol–water partition coefficient (Wildman–Crippen LogP) is 11.5. The van der Waals surface area contributed by atoms with Crippen LogP contribution >= 0.6 is 0 Å². The number of benzene rings is 6. The molecule has 0 saturated heterocycles. The van der Waals surface area contributed by atoms with Crippen molar-refractivity contribution in [2.75, 3.05) is 4.90 Å². The van der Waals surface area contributed by atoms with Crippen LogP contribution in [0, 0.1) is 0 Å². The van der Waals surface area contributed by atoms with Crippen LogP contribution in [0.15, 0.2) is 164 Å². The first kappa shape index (κ1) is 29.0. The number of nitrogens with zero attached hydrogens (tertiary/aromatic N) is 1. The van der Waals surface area contributed by atoms with Gasteiger partial charge in [0.1, 0.15) is 0 Å². The Bertz CT molecular complexity index is 1730. The van der Waals surface area contributed by atoms with Crippen LogP contribution in [-0.2, 0) is 19.3 Å². The minimum atomic E-state index is 0.834. The smallest absolute Gasteiger partial charge is 0.0493 e. The van der Waals surface area contributed by atoms with Gasteiger partial charge < -0.3 is 4.90 Å². The van der Waals surface area contributed by atoms with Crippen molar-refractivity contribution in [3.8, 4) is 0 Å². The van der Waals surface area contributed by atoms with Crippen LogP contribution < -0.4 is 4.90 Å². The molecule has 0 radical (unpaired) electrons. The maximum Gasteiger partial charge on any atom is 0.0493 e. The van der Waals surface area contributed by atoms with Gasteiger partial charge in [0.25, 0.3) is 0 Å². The Kier molecular flexibility index (Phi) is 9.14. The molecule has 44 heavy (non-hydrogen) atoms. The number of para-hydroxylation sites is 2. The van der Waals surface area contributed by atoms with Crippen molar-refractivity contribution >= 4 is 28.2 Å². The van der Waals surface area contributed by atoms with Crippen LogP contribution in [0.25, 0.3) is 11.1 Å². The molecule has 6 rings (SSSR count). The molecule has 0 aromatic heterocycles. The zero-order chi connectivity index (χ0) is 30.1. The summed E-state index contributed by atoms with van der Waals surface area (Å²) in [5, 5.41) is 0. The number of rotatable bonds is 10. The van der Waals surface area contributed by atoms with Crippen molar-refractivity contribution in [2.45, 2.75) is 33.1 Å². The lowest BCUT2D eigenvalue weighted by molar-refractivity contribution is 1.09. The quantitative estimate of drug-likeness (QED) is 0.148. The highest BCUT2D eigenvalue weighted by atomic mass is 15.1. The summed E-state index contributed by atoms with van der Waals surface area (Å²) >= 11 is 0. The molecule has 0 atom stereocenters. The molecule has 0 bridgehead atoms. The average molecular weight is 570 g/mol. The molecule has 0 aliphatic rings. The van der Waals surface area contributed by atoms with E-state index in [9.17, 15) is 0 Å². The number of allylic oxidation sites excluding steroid dienone is 1. The molecule has 0 amide bonds. The molecule has 1 nitrogen and oxygen atoms in total. The summed E-state index contributed by atoms with van der Waals surface area (Å²) < 4.78 is 0. The van der Waals surface area contributed by atoms with Crippen LogP contribution in [-0.4, -0.2) is 0 Å². The highest BCUT2D eigenvalue weighted by Crippen LogP contribution is 2.40. The Morgan fingerprint density at radius 3 is 1.34 bits per heavy atom. The SMILES string of the molecule is CCc1ccccc1N(c1ccc(C(Cc2ccccc2)=C(c2ccccc2)c2ccccc2)cc1)c1ccccc1CC. The van der Waals surface area contributed by atoms with Gasteiger partial charge in [-0.2, -0.15) is 0 Å². The molecule has 6 aromatic rings. The monoisotopic (exact) mass is 569 g/mol. The Balaban J connectivity index is 1.54. The lowest BCUT2D eigenvalue weighted by Crippen LogP contribution is -2.14. The first-order valence-electron chi connectivity index (χ1n) is 15.7. The fourth-order valence-corrected chi connectivity index (χ4v) is 6.14. The van der Waals surface area contributed by atoms with Crippen molar-refractivity contribution in [1.82, 2.24) is 0 Å². The third-order valence-electron chi connectivity index (χ3n) is 8.35. The summed E-state index contributed by atoms with van der Waals surface area (Å²) in [6.45, 7) is 4.47. The van der Waals surface area contributed by atoms with Crippen LogP contribution in [0.3, 0.4) is 0 Å². The second-order valence-electron chi connectivity index (χ2n) is 11.1. The van der Waals surface area contributed by atoms with E-state index in [2.05, 4.69) is 183 Å². The fourth-order valence-electron chi connectivity index (χ4n) is 6.14. The molecule has 0 fully saturated rings. The zero-order valence-electron chi connectivity index (χ0n) is 25.7. The predicted molar refractivity (Wildman–Crippen MR) is 189 cm³/mol. The average Bonchev–Trinajstić information content (AvgIpc) is 3.10. The first-order chi connectivity index (χ1) is 21.8. The third kappa shape index (κ3) is 6.28. The summed E-state index contributed by atoms with van der Waals surface area (Å²) in [6, 6.07) is 59.3. The van der Waals surface area contributed by atoms with E-state index in [1.165, 1.54) is 55.9 Å². The van der Waals surface area contributed by atoms with Gasteiger partial charge in [-0.25, -0.2) is 0 Å². The topological polar surface area (TPSA) is 3.24 Å². The second kappa shape index (κ2) is 13.9. The lowest BCUT2D eigenvalue weighted by Gasteiger charge is -2.29. The number of aryl methyl sites for hydroxylation is 2. The molecule has 6 aromatic carbocycles. The maximum atomic E-state index is 2.44. The van der Waals surface area contributed by atoms with E-state index >= 15 is 0 Å². The second-order valence-corrected chi connectivity index (χ2v) is 11.1. The standard InChI is InChI=1S/C43H39N/c1-3-34-20-14-16-26-41(34)44(42-27-17-15-21-35(42)4-2)39-30-28-36(29-31-39)40(32-33-18-8-5-9-19-33)43(37-22-10-6-11-23-37)38-24-12-7-13-25-38/h5-31H,3-4,32H2,1-2H3. The van der Waals surface area contributed by atoms with E-state index in [-0.39, 0.29) is 0 Å². The first-order valence-corrected chi connectivity index (χ1v) is 15.7. The Morgan fingerprint density at radius 2 is 0.864 bits per heavy atom. The van der Waals surface area contributed by atoms with Gasteiger partial charge in [-0.05, 0) is 88.1 Å². The van der Waals surface area contributed by atoms with E-state index in [0.717, 1.165) is 24.9 Å². The Morgan fingerprint density at radius 1 is 0.432 bits per heavy atom. The fraction of sp³-hybridized carbons (Fsp3) is 0.116. The van der Waals surface area contributed by atoms with Crippen molar-refractivity contribution in [3.63, 3.8) is 0 Å². The van der Waals surface area contributed by atoms with E-state index < -0.39 is 0 Å². The van der Waals surface area contributed by atoms with E-state index in [4.69, 9.17) is 0 Å². The highest BCUT2D eigenvalue weighted by molar-refractivity contribution is 5.99. The van der Waals surface area contributed by atoms with Gasteiger partial charge in [0.2, 0.25) is 0 Å². The number of hydrogen-bond donors (Lipinski definition) is 0. The molecule has 0 N–H and O–H groups in total. The largest absolute Gasteiger partial charge is 0.310 e. The van der Waals surface area contributed by atoms with Crippen molar-refractivity contribution in [1.29, 1.82) is 0 Å². The maximum absolute atomic E-state index is 2.44. The van der Waals surface area contributed by atoms with Gasteiger partial charge >= 0.3 is 0 Å². The molecule has 0 saturated carbocycles. The van der Waals surface area contributed by atoms with Crippen molar-refractivity contribution in [2.24, 2.45) is 0 Å². The molecular formula is C43H39N. The Hall–Kier alpha value is -5.14. The summed E-state index contributed by atoms with van der Waals surface area (Å²) in [7, 11) is 0. The molecule has 0 aliphatic carbocycles. The summed E-state index contributed by atoms with van der Waals surface area (Å²) in [5.74, 6) is 0. The van der Waals surface area contributed by atoms with Crippen LogP contribution in [0.1, 0.15) is 47.2 Å². The molecule has 216 valence electrons. The number of anilines is 3. The summed E-state index contributed by atoms with van der Waals surface area (Å²) in [5.41, 5.74) is 13.9. The summed E-state index contributed by atoms with van der Waals surface area (Å²) in [6.07, 6.45) is 2.78. The molecule has 0 unspecified atom stereocenters. The zero-order valence-corrected chi connectivity index (χ0v) is 25.7. The molecule has 1 heteroatoms.